The van der Waals surface area contributed by atoms with Crippen LogP contribution in [-0.4, -0.2) is 61.6 Å². The molecule has 1 aliphatic rings. The molecule has 40 heavy (non-hydrogen) atoms. The number of H-pyrrole nitrogens is 1. The average molecular weight is 542 g/mol. The van der Waals surface area contributed by atoms with Crippen LogP contribution in [0, 0.1) is 6.92 Å². The van der Waals surface area contributed by atoms with Crippen LogP contribution in [0.4, 0.5) is 10.5 Å². The molecule has 1 aliphatic heterocycles. The Bertz CT molecular complexity index is 1510. The van der Waals surface area contributed by atoms with Gasteiger partial charge in [-0.15, -0.1) is 0 Å². The number of aryl methyl sites for hydroxylation is 1. The zero-order chi connectivity index (χ0) is 28.3. The standard InChI is InChI=1S/C30H35N7O3/c1-19-24-15-25(36-27(24)33-18-32-19)21-7-9-22(10-8-21)34-28(38)26-14-20(11-12-31-26)16-37-13-5-6-23(17-37)35-29(39)40-30(2,3)4/h7-12,14-15,18,23H,5-6,13,16-17H2,1-4H3,(H,34,38)(H,35,39)(H,32,33,36). The average Bonchev–Trinajstić information content (AvgIpc) is 3.34. The highest BCUT2D eigenvalue weighted by atomic mass is 16.6. The number of alkyl carbamates (subject to hydrolysis) is 1. The molecule has 10 nitrogen and oxygen atoms in total. The third-order valence-electron chi connectivity index (χ3n) is 6.77. The van der Waals surface area contributed by atoms with Gasteiger partial charge in [0, 0.05) is 42.1 Å². The topological polar surface area (TPSA) is 125 Å². The van der Waals surface area contributed by atoms with Gasteiger partial charge in [-0.1, -0.05) is 12.1 Å². The van der Waals surface area contributed by atoms with Crippen LogP contribution >= 0.6 is 0 Å². The lowest BCUT2D eigenvalue weighted by atomic mass is 10.0. The molecule has 1 aromatic carbocycles. The van der Waals surface area contributed by atoms with Crippen molar-refractivity contribution in [2.45, 2.75) is 58.7 Å². The fraction of sp³-hybridized carbons (Fsp3) is 0.367. The molecular weight excluding hydrogens is 506 g/mol. The minimum atomic E-state index is -0.527. The molecule has 1 atom stereocenters. The molecule has 0 spiro atoms. The number of carbonyl (C=O) groups excluding carboxylic acids is 2. The number of piperidine rings is 1. The van der Waals surface area contributed by atoms with Crippen LogP contribution in [0.2, 0.25) is 0 Å². The molecule has 0 bridgehead atoms. The molecule has 1 saturated heterocycles. The second-order valence-corrected chi connectivity index (χ2v) is 11.2. The molecule has 3 aromatic heterocycles. The summed E-state index contributed by atoms with van der Waals surface area (Å²) in [5.41, 5.74) is 5.13. The van der Waals surface area contributed by atoms with Crippen molar-refractivity contribution in [2.75, 3.05) is 18.4 Å². The monoisotopic (exact) mass is 541 g/mol. The number of anilines is 1. The van der Waals surface area contributed by atoms with E-state index in [0.29, 0.717) is 17.9 Å². The lowest BCUT2D eigenvalue weighted by Gasteiger charge is -2.33. The van der Waals surface area contributed by atoms with E-state index in [1.54, 1.807) is 12.5 Å². The first-order chi connectivity index (χ1) is 19.1. The van der Waals surface area contributed by atoms with Crippen LogP contribution in [0.3, 0.4) is 0 Å². The molecule has 0 saturated carbocycles. The van der Waals surface area contributed by atoms with Crippen molar-refractivity contribution in [1.82, 2.24) is 30.2 Å². The molecule has 3 N–H and O–H groups in total. The number of benzene rings is 1. The number of likely N-dealkylation sites (tertiary alicyclic amines) is 1. The maximum absolute atomic E-state index is 13.0. The predicted octanol–water partition coefficient (Wildman–Crippen LogP) is 5.07. The smallest absolute Gasteiger partial charge is 0.407 e. The highest BCUT2D eigenvalue weighted by Gasteiger charge is 2.24. The summed E-state index contributed by atoms with van der Waals surface area (Å²) in [6, 6.07) is 13.4. The van der Waals surface area contributed by atoms with E-state index >= 15 is 0 Å². The van der Waals surface area contributed by atoms with E-state index in [2.05, 4.69) is 35.5 Å². The van der Waals surface area contributed by atoms with Crippen molar-refractivity contribution in [3.05, 3.63) is 71.9 Å². The van der Waals surface area contributed by atoms with Gasteiger partial charge in [-0.3, -0.25) is 14.7 Å². The van der Waals surface area contributed by atoms with E-state index in [9.17, 15) is 9.59 Å². The Labute approximate surface area is 233 Å². The van der Waals surface area contributed by atoms with Crippen LogP contribution in [0.25, 0.3) is 22.3 Å². The first-order valence-electron chi connectivity index (χ1n) is 13.5. The summed E-state index contributed by atoms with van der Waals surface area (Å²) >= 11 is 0. The fourth-order valence-electron chi connectivity index (χ4n) is 4.89. The fourth-order valence-corrected chi connectivity index (χ4v) is 4.89. The number of hydrogen-bond acceptors (Lipinski definition) is 7. The molecular formula is C30H35N7O3. The number of rotatable bonds is 6. The van der Waals surface area contributed by atoms with Gasteiger partial charge < -0.3 is 20.4 Å². The zero-order valence-corrected chi connectivity index (χ0v) is 23.3. The number of hydrogen-bond donors (Lipinski definition) is 3. The van der Waals surface area contributed by atoms with Crippen molar-refractivity contribution in [3.63, 3.8) is 0 Å². The number of carbonyl (C=O) groups is 2. The summed E-state index contributed by atoms with van der Waals surface area (Å²) in [5.74, 6) is -0.269. The second kappa shape index (κ2) is 11.4. The van der Waals surface area contributed by atoms with Crippen molar-refractivity contribution < 1.29 is 14.3 Å². The maximum atomic E-state index is 13.0. The zero-order valence-electron chi connectivity index (χ0n) is 23.3. The molecule has 4 heterocycles. The number of aromatic nitrogens is 4. The minimum Gasteiger partial charge on any atom is -0.444 e. The number of amides is 2. The van der Waals surface area contributed by atoms with E-state index in [0.717, 1.165) is 59.5 Å². The Morgan fingerprint density at radius 1 is 1.10 bits per heavy atom. The molecule has 0 aliphatic carbocycles. The Hall–Kier alpha value is -4.31. The van der Waals surface area contributed by atoms with Gasteiger partial charge in [0.1, 0.15) is 23.3 Å². The van der Waals surface area contributed by atoms with Crippen molar-refractivity contribution >= 4 is 28.7 Å². The van der Waals surface area contributed by atoms with Crippen LogP contribution in [0.5, 0.6) is 0 Å². The van der Waals surface area contributed by atoms with Crippen LogP contribution in [0.15, 0.2) is 55.0 Å². The Morgan fingerprint density at radius 2 is 1.90 bits per heavy atom. The molecule has 0 radical (unpaired) electrons. The maximum Gasteiger partial charge on any atom is 0.407 e. The first-order valence-corrected chi connectivity index (χ1v) is 13.5. The number of fused-ring (bicyclic) bond motifs is 1. The highest BCUT2D eigenvalue weighted by Crippen LogP contribution is 2.25. The summed E-state index contributed by atoms with van der Waals surface area (Å²) in [7, 11) is 0. The van der Waals surface area contributed by atoms with Crippen LogP contribution in [-0.2, 0) is 11.3 Å². The van der Waals surface area contributed by atoms with Gasteiger partial charge in [0.05, 0.1) is 5.69 Å². The van der Waals surface area contributed by atoms with Gasteiger partial charge in [-0.25, -0.2) is 14.8 Å². The number of nitrogens with zero attached hydrogens (tertiary/aromatic N) is 4. The van der Waals surface area contributed by atoms with E-state index in [1.165, 1.54) is 0 Å². The summed E-state index contributed by atoms with van der Waals surface area (Å²) in [6.45, 7) is 9.83. The van der Waals surface area contributed by atoms with Crippen LogP contribution in [0.1, 0.15) is 55.4 Å². The molecule has 208 valence electrons. The molecule has 10 heteroatoms. The molecule has 1 fully saturated rings. The summed E-state index contributed by atoms with van der Waals surface area (Å²) in [6.07, 6.45) is 4.70. The molecule has 1 unspecified atom stereocenters. The number of pyridine rings is 1. The van der Waals surface area contributed by atoms with Gasteiger partial charge in [-0.2, -0.15) is 0 Å². The SMILES string of the molecule is Cc1ncnc2[nH]c(-c3ccc(NC(=O)c4cc(CN5CCCC(NC(=O)OC(C)(C)C)C5)ccn4)cc3)cc12. The number of aromatic amines is 1. The Morgan fingerprint density at radius 3 is 2.65 bits per heavy atom. The van der Waals surface area contributed by atoms with Crippen molar-refractivity contribution in [3.8, 4) is 11.3 Å². The number of nitrogens with one attached hydrogen (secondary N) is 3. The highest BCUT2D eigenvalue weighted by molar-refractivity contribution is 6.03. The molecule has 5 rings (SSSR count). The van der Waals surface area contributed by atoms with Gasteiger partial charge in [0.15, 0.2) is 0 Å². The van der Waals surface area contributed by atoms with Gasteiger partial charge in [0.25, 0.3) is 5.91 Å². The second-order valence-electron chi connectivity index (χ2n) is 11.2. The van der Waals surface area contributed by atoms with Gasteiger partial charge in [0.2, 0.25) is 0 Å². The quantitative estimate of drug-likeness (QED) is 0.311. The van der Waals surface area contributed by atoms with E-state index in [-0.39, 0.29) is 18.0 Å². The first kappa shape index (κ1) is 27.3. The predicted molar refractivity (Wildman–Crippen MR) is 154 cm³/mol. The Balaban J connectivity index is 1.18. The lowest BCUT2D eigenvalue weighted by molar-refractivity contribution is 0.0470. The molecule has 2 amide bonds. The van der Waals surface area contributed by atoms with E-state index in [4.69, 9.17) is 4.74 Å². The lowest BCUT2D eigenvalue weighted by Crippen LogP contribution is -2.48. The van der Waals surface area contributed by atoms with Crippen LogP contribution < -0.4 is 10.6 Å². The third-order valence-corrected chi connectivity index (χ3v) is 6.77. The van der Waals surface area contributed by atoms with E-state index in [1.807, 2.05) is 70.2 Å². The summed E-state index contributed by atoms with van der Waals surface area (Å²) in [5, 5.41) is 6.91. The third kappa shape index (κ3) is 6.81. The van der Waals surface area contributed by atoms with Crippen molar-refractivity contribution in [2.24, 2.45) is 0 Å². The Kier molecular flexibility index (Phi) is 7.79. The van der Waals surface area contributed by atoms with Gasteiger partial charge in [-0.05, 0) is 88.5 Å². The summed E-state index contributed by atoms with van der Waals surface area (Å²) in [4.78, 5) is 43.6. The van der Waals surface area contributed by atoms with Gasteiger partial charge >= 0.3 is 6.09 Å². The normalized spacial score (nSPS) is 16.1. The molecule has 4 aromatic rings. The summed E-state index contributed by atoms with van der Waals surface area (Å²) < 4.78 is 5.40. The van der Waals surface area contributed by atoms with Crippen molar-refractivity contribution in [1.29, 1.82) is 0 Å². The van der Waals surface area contributed by atoms with E-state index < -0.39 is 5.60 Å². The largest absolute Gasteiger partial charge is 0.444 e. The number of ether oxygens (including phenoxy) is 1. The minimum absolute atomic E-state index is 0.0255.